The smallest absolute Gasteiger partial charge is 0.255 e. The summed E-state index contributed by atoms with van der Waals surface area (Å²) in [7, 11) is 0. The van der Waals surface area contributed by atoms with Crippen molar-refractivity contribution >= 4 is 22.6 Å². The van der Waals surface area contributed by atoms with Crippen molar-refractivity contribution in [3.63, 3.8) is 0 Å². The van der Waals surface area contributed by atoms with Gasteiger partial charge >= 0.3 is 0 Å². The largest absolute Gasteiger partial charge is 0.395 e. The van der Waals surface area contributed by atoms with Crippen molar-refractivity contribution in [1.29, 1.82) is 0 Å². The van der Waals surface area contributed by atoms with Crippen molar-refractivity contribution < 1.29 is 14.6 Å². The van der Waals surface area contributed by atoms with Gasteiger partial charge in [-0.1, -0.05) is 19.9 Å². The first kappa shape index (κ1) is 24.8. The van der Waals surface area contributed by atoms with E-state index in [1.165, 1.54) is 0 Å². The number of fused-ring (bicyclic) bond motifs is 2. The quantitative estimate of drug-likeness (QED) is 0.194. The Balaban J connectivity index is 1.41. The maximum absolute atomic E-state index is 13.0. The molecule has 0 aliphatic rings. The Morgan fingerprint density at radius 1 is 1.23 bits per heavy atom. The van der Waals surface area contributed by atoms with Crippen LogP contribution in [0, 0.1) is 19.8 Å². The molecule has 3 aromatic heterocycles. The predicted molar refractivity (Wildman–Crippen MR) is 135 cm³/mol. The first-order chi connectivity index (χ1) is 16.9. The van der Waals surface area contributed by atoms with E-state index in [-0.39, 0.29) is 18.6 Å². The van der Waals surface area contributed by atoms with Crippen LogP contribution in [0.15, 0.2) is 36.5 Å². The number of carbonyl (C=O) groups is 1. The highest BCUT2D eigenvalue weighted by Gasteiger charge is 2.17. The fourth-order valence-corrected chi connectivity index (χ4v) is 4.27. The van der Waals surface area contributed by atoms with Gasteiger partial charge in [-0.3, -0.25) is 10.1 Å². The summed E-state index contributed by atoms with van der Waals surface area (Å²) in [6.45, 7) is 9.22. The molecule has 0 radical (unpaired) electrons. The normalized spacial score (nSPS) is 12.6. The van der Waals surface area contributed by atoms with Gasteiger partial charge in [0.1, 0.15) is 11.5 Å². The van der Waals surface area contributed by atoms with Gasteiger partial charge in [0.25, 0.3) is 5.91 Å². The number of H-pyrrole nitrogens is 1. The van der Waals surface area contributed by atoms with Crippen LogP contribution < -0.4 is 10.6 Å². The van der Waals surface area contributed by atoms with Crippen LogP contribution in [0.2, 0.25) is 0 Å². The Morgan fingerprint density at radius 2 is 2.06 bits per heavy atom. The minimum Gasteiger partial charge on any atom is -0.395 e. The van der Waals surface area contributed by atoms with Gasteiger partial charge in [-0.05, 0) is 56.0 Å². The summed E-state index contributed by atoms with van der Waals surface area (Å²) in [5.41, 5.74) is 5.66. The van der Waals surface area contributed by atoms with Gasteiger partial charge in [0.15, 0.2) is 0 Å². The summed E-state index contributed by atoms with van der Waals surface area (Å²) < 4.78 is 7.74. The highest BCUT2D eigenvalue weighted by atomic mass is 16.5. The number of carbonyl (C=O) groups excluding carboxylic acids is 1. The lowest BCUT2D eigenvalue weighted by Crippen LogP contribution is -2.35. The predicted octanol–water partition coefficient (Wildman–Crippen LogP) is 3.23. The minimum atomic E-state index is -0.185. The van der Waals surface area contributed by atoms with Crippen LogP contribution in [-0.4, -0.2) is 49.7 Å². The molecule has 1 amide bonds. The van der Waals surface area contributed by atoms with E-state index in [4.69, 9.17) is 4.74 Å². The molecule has 4 aromatic rings. The van der Waals surface area contributed by atoms with Crippen molar-refractivity contribution in [2.24, 2.45) is 5.92 Å². The third-order valence-electron chi connectivity index (χ3n) is 6.00. The van der Waals surface area contributed by atoms with E-state index in [0.717, 1.165) is 40.2 Å². The molecule has 0 saturated heterocycles. The lowest BCUT2D eigenvalue weighted by molar-refractivity contribution is 0.0802. The number of hydrogen-bond acceptors (Lipinski definition) is 6. The summed E-state index contributed by atoms with van der Waals surface area (Å²) in [6, 6.07) is 9.55. The highest BCUT2D eigenvalue weighted by molar-refractivity contribution is 5.99. The maximum Gasteiger partial charge on any atom is 0.255 e. The van der Waals surface area contributed by atoms with Crippen LogP contribution in [0.4, 0.5) is 0 Å². The van der Waals surface area contributed by atoms with Crippen LogP contribution >= 0.6 is 0 Å². The summed E-state index contributed by atoms with van der Waals surface area (Å²) in [5, 5.41) is 15.8. The van der Waals surface area contributed by atoms with E-state index in [1.54, 1.807) is 6.07 Å². The number of aryl methyl sites for hydroxylation is 2. The average Bonchev–Trinajstić information content (AvgIpc) is 3.36. The second kappa shape index (κ2) is 11.0. The number of benzene rings is 1. The molecule has 35 heavy (non-hydrogen) atoms. The molecule has 4 rings (SSSR count). The summed E-state index contributed by atoms with van der Waals surface area (Å²) >= 11 is 0. The van der Waals surface area contributed by atoms with E-state index in [2.05, 4.69) is 39.4 Å². The van der Waals surface area contributed by atoms with Gasteiger partial charge in [0.05, 0.1) is 47.9 Å². The molecule has 186 valence electrons. The van der Waals surface area contributed by atoms with E-state index < -0.39 is 0 Å². The van der Waals surface area contributed by atoms with Gasteiger partial charge < -0.3 is 24.5 Å². The number of nitrogens with one attached hydrogen (secondary N) is 3. The zero-order chi connectivity index (χ0) is 24.9. The van der Waals surface area contributed by atoms with E-state index >= 15 is 0 Å². The van der Waals surface area contributed by atoms with Crippen molar-refractivity contribution in [2.75, 3.05) is 13.3 Å². The van der Waals surface area contributed by atoms with Crippen LogP contribution in [-0.2, 0) is 17.9 Å². The summed E-state index contributed by atoms with van der Waals surface area (Å²) in [6.07, 6.45) is 2.77. The van der Waals surface area contributed by atoms with Crippen LogP contribution in [0.3, 0.4) is 0 Å². The first-order valence-corrected chi connectivity index (χ1v) is 12.0. The molecule has 0 aliphatic carbocycles. The number of rotatable bonds is 11. The summed E-state index contributed by atoms with van der Waals surface area (Å²) in [4.78, 5) is 25.3. The van der Waals surface area contributed by atoms with E-state index in [9.17, 15) is 9.90 Å². The van der Waals surface area contributed by atoms with Gasteiger partial charge in [-0.2, -0.15) is 0 Å². The van der Waals surface area contributed by atoms with Crippen LogP contribution in [0.5, 0.6) is 0 Å². The molecule has 0 fully saturated rings. The number of ether oxygens (including phenoxy) is 1. The van der Waals surface area contributed by atoms with E-state index in [1.807, 2.05) is 48.7 Å². The molecule has 3 heterocycles. The van der Waals surface area contributed by atoms with Crippen LogP contribution in [0.1, 0.15) is 53.4 Å². The number of pyridine rings is 1. The lowest BCUT2D eigenvalue weighted by Gasteiger charge is -2.18. The highest BCUT2D eigenvalue weighted by Crippen LogP contribution is 2.18. The van der Waals surface area contributed by atoms with Crippen molar-refractivity contribution in [2.45, 2.75) is 53.3 Å². The number of aromatic amines is 1. The zero-order valence-electron chi connectivity index (χ0n) is 20.8. The summed E-state index contributed by atoms with van der Waals surface area (Å²) in [5.74, 6) is 1.17. The van der Waals surface area contributed by atoms with E-state index in [0.29, 0.717) is 37.0 Å². The third-order valence-corrected chi connectivity index (χ3v) is 6.00. The Hall–Kier alpha value is -3.27. The molecule has 9 heteroatoms. The molecule has 0 aliphatic heterocycles. The number of imidazole rings is 2. The first-order valence-electron chi connectivity index (χ1n) is 12.0. The number of aromatic nitrogens is 4. The van der Waals surface area contributed by atoms with Gasteiger partial charge in [0, 0.05) is 18.8 Å². The molecule has 0 unspecified atom stereocenters. The van der Waals surface area contributed by atoms with Gasteiger partial charge in [-0.15, -0.1) is 0 Å². The second-order valence-electron chi connectivity index (χ2n) is 9.32. The number of aliphatic hydroxyl groups excluding tert-OH is 1. The number of hydrogen-bond donors (Lipinski definition) is 4. The molecule has 1 aromatic carbocycles. The Kier molecular flexibility index (Phi) is 7.80. The van der Waals surface area contributed by atoms with Gasteiger partial charge in [0.2, 0.25) is 0 Å². The Morgan fingerprint density at radius 3 is 2.83 bits per heavy atom. The fraction of sp³-hybridized carbons (Fsp3) is 0.423. The standard InChI is InChI=1S/C26H34N6O3/c1-16(2)10-20(13-33)28-15-35-14-24-17(3)29-25-21(6-5-9-32(24)25)26(34)27-12-19-7-8-22-23(11-19)31-18(4)30-22/h5-9,11,16,20,28,33H,10,12-15H2,1-4H3,(H,27,34)(H,30,31)/t20-/m0/s1. The molecule has 0 spiro atoms. The SMILES string of the molecule is Cc1nc2ccc(CNC(=O)c3cccn4c(COCN[C@H](CO)CC(C)C)c(C)nc34)cc2[nH]1. The minimum absolute atomic E-state index is 0.00610. The molecule has 4 N–H and O–H groups in total. The zero-order valence-corrected chi connectivity index (χ0v) is 20.8. The Bertz CT molecular complexity index is 1310. The second-order valence-corrected chi connectivity index (χ2v) is 9.32. The Labute approximate surface area is 204 Å². The number of aliphatic hydroxyl groups is 1. The lowest BCUT2D eigenvalue weighted by atomic mass is 10.1. The molecule has 0 saturated carbocycles. The van der Waals surface area contributed by atoms with Crippen molar-refractivity contribution in [3.8, 4) is 0 Å². The molecule has 9 nitrogen and oxygen atoms in total. The van der Waals surface area contributed by atoms with Crippen molar-refractivity contribution in [3.05, 3.63) is 64.9 Å². The van der Waals surface area contributed by atoms with Crippen molar-refractivity contribution in [1.82, 2.24) is 30.0 Å². The van der Waals surface area contributed by atoms with Crippen LogP contribution in [0.25, 0.3) is 16.7 Å². The van der Waals surface area contributed by atoms with Gasteiger partial charge in [-0.25, -0.2) is 9.97 Å². The third kappa shape index (κ3) is 5.87. The topological polar surface area (TPSA) is 117 Å². The molecule has 0 bridgehead atoms. The maximum atomic E-state index is 13.0. The fourth-order valence-electron chi connectivity index (χ4n) is 4.27. The number of amides is 1. The molecule has 1 atom stereocenters. The number of nitrogens with zero attached hydrogens (tertiary/aromatic N) is 3. The average molecular weight is 479 g/mol. The molecular weight excluding hydrogens is 444 g/mol. The monoisotopic (exact) mass is 478 g/mol. The molecular formula is C26H34N6O3.